The molecule has 5 nitrogen and oxygen atoms in total. The molecule has 1 heterocycles. The first-order valence-electron chi connectivity index (χ1n) is 4.37. The van der Waals surface area contributed by atoms with Gasteiger partial charge in [0.25, 0.3) is 5.95 Å². The Hall–Kier alpha value is -0.950. The highest BCUT2D eigenvalue weighted by atomic mass is 32.2. The van der Waals surface area contributed by atoms with Gasteiger partial charge in [-0.3, -0.25) is 0 Å². The molecule has 0 spiro atoms. The average Bonchev–Trinajstić information content (AvgIpc) is 2.35. The first-order chi connectivity index (χ1) is 7.73. The summed E-state index contributed by atoms with van der Waals surface area (Å²) in [4.78, 5) is 12.5. The molecule has 0 radical (unpaired) electrons. The van der Waals surface area contributed by atoms with Crippen molar-refractivity contribution in [3.8, 4) is 11.8 Å². The maximum Gasteiger partial charge on any atom is 0.257 e. The molecule has 0 amide bonds. The minimum absolute atomic E-state index is 0.343. The summed E-state index contributed by atoms with van der Waals surface area (Å²) in [7, 11) is 3.08. The largest absolute Gasteiger partial charge is 0.481 e. The number of nitrogens with zero attached hydrogens (tertiary/aromatic N) is 3. The highest BCUT2D eigenvalue weighted by molar-refractivity contribution is 8.38. The second kappa shape index (κ2) is 6.59. The van der Waals surface area contributed by atoms with E-state index in [0.29, 0.717) is 17.7 Å². The molecule has 16 heavy (non-hydrogen) atoms. The van der Waals surface area contributed by atoms with E-state index in [-0.39, 0.29) is 0 Å². The average molecular weight is 259 g/mol. The molecular formula is C9H13N3O2S2. The number of hydrogen-bond donors (Lipinski definition) is 0. The van der Waals surface area contributed by atoms with Gasteiger partial charge in [0.1, 0.15) is 4.38 Å². The van der Waals surface area contributed by atoms with E-state index in [1.807, 2.05) is 12.5 Å². The Morgan fingerprint density at radius 2 is 1.62 bits per heavy atom. The SMILES string of the molecule is COc1cc(OC)nc(N=C(SC)SC)n1. The van der Waals surface area contributed by atoms with Gasteiger partial charge in [-0.2, -0.15) is 15.0 Å². The van der Waals surface area contributed by atoms with Crippen LogP contribution in [0.4, 0.5) is 5.95 Å². The first-order valence-corrected chi connectivity index (χ1v) is 6.82. The number of aromatic nitrogens is 2. The molecule has 0 aromatic carbocycles. The summed E-state index contributed by atoms with van der Waals surface area (Å²) in [6, 6.07) is 1.61. The Labute approximate surface area is 103 Å². The van der Waals surface area contributed by atoms with Crippen LogP contribution in [-0.2, 0) is 0 Å². The van der Waals surface area contributed by atoms with Crippen molar-refractivity contribution in [3.05, 3.63) is 6.07 Å². The van der Waals surface area contributed by atoms with Gasteiger partial charge < -0.3 is 9.47 Å². The molecule has 0 N–H and O–H groups in total. The van der Waals surface area contributed by atoms with Crippen LogP contribution in [0.1, 0.15) is 0 Å². The van der Waals surface area contributed by atoms with Gasteiger partial charge in [-0.25, -0.2) is 0 Å². The van der Waals surface area contributed by atoms with Crippen LogP contribution in [0.3, 0.4) is 0 Å². The van der Waals surface area contributed by atoms with E-state index in [4.69, 9.17) is 9.47 Å². The van der Waals surface area contributed by atoms with Gasteiger partial charge in [0.05, 0.1) is 20.3 Å². The summed E-state index contributed by atoms with van der Waals surface area (Å²) in [5, 5.41) is 0. The van der Waals surface area contributed by atoms with Crippen LogP contribution in [0.5, 0.6) is 11.8 Å². The maximum absolute atomic E-state index is 5.03. The summed E-state index contributed by atoms with van der Waals surface area (Å²) >= 11 is 3.09. The number of rotatable bonds is 3. The fourth-order valence-corrected chi connectivity index (χ4v) is 1.92. The second-order valence-electron chi connectivity index (χ2n) is 2.54. The lowest BCUT2D eigenvalue weighted by Gasteiger charge is -2.04. The lowest BCUT2D eigenvalue weighted by molar-refractivity contribution is 0.372. The quantitative estimate of drug-likeness (QED) is 0.612. The number of thioether (sulfide) groups is 2. The van der Waals surface area contributed by atoms with E-state index in [2.05, 4.69) is 15.0 Å². The van der Waals surface area contributed by atoms with E-state index in [0.717, 1.165) is 4.38 Å². The molecule has 0 aliphatic rings. The molecule has 1 aromatic heterocycles. The summed E-state index contributed by atoms with van der Waals surface area (Å²) in [5.74, 6) is 1.22. The van der Waals surface area contributed by atoms with E-state index >= 15 is 0 Å². The van der Waals surface area contributed by atoms with Crippen molar-refractivity contribution >= 4 is 33.8 Å². The van der Waals surface area contributed by atoms with Crippen molar-refractivity contribution < 1.29 is 9.47 Å². The molecule has 7 heteroatoms. The second-order valence-corrected chi connectivity index (χ2v) is 4.39. The maximum atomic E-state index is 5.03. The molecule has 0 aliphatic heterocycles. The van der Waals surface area contributed by atoms with Gasteiger partial charge in [-0.15, -0.1) is 23.5 Å². The van der Waals surface area contributed by atoms with Crippen molar-refractivity contribution in [2.24, 2.45) is 4.99 Å². The Kier molecular flexibility index (Phi) is 5.41. The molecule has 0 saturated heterocycles. The topological polar surface area (TPSA) is 56.6 Å². The van der Waals surface area contributed by atoms with Crippen LogP contribution >= 0.6 is 23.5 Å². The monoisotopic (exact) mass is 259 g/mol. The zero-order chi connectivity index (χ0) is 12.0. The highest BCUT2D eigenvalue weighted by Gasteiger charge is 2.05. The predicted octanol–water partition coefficient (Wildman–Crippen LogP) is 2.21. The lowest BCUT2D eigenvalue weighted by atomic mass is 10.6. The van der Waals surface area contributed by atoms with Crippen molar-refractivity contribution in [2.75, 3.05) is 26.7 Å². The molecule has 0 atom stereocenters. The third-order valence-corrected chi connectivity index (χ3v) is 3.51. The lowest BCUT2D eigenvalue weighted by Crippen LogP contribution is -1.94. The Morgan fingerprint density at radius 3 is 2.00 bits per heavy atom. The first kappa shape index (κ1) is 13.1. The van der Waals surface area contributed by atoms with Gasteiger partial charge in [-0.05, 0) is 12.5 Å². The summed E-state index contributed by atoms with van der Waals surface area (Å²) in [6.45, 7) is 0. The molecule has 0 bridgehead atoms. The molecule has 1 aromatic rings. The number of hydrogen-bond acceptors (Lipinski definition) is 7. The van der Waals surface area contributed by atoms with Gasteiger partial charge in [0, 0.05) is 0 Å². The van der Waals surface area contributed by atoms with Crippen LogP contribution in [-0.4, -0.2) is 41.1 Å². The molecule has 0 unspecified atom stereocenters. The molecule has 88 valence electrons. The normalized spacial score (nSPS) is 9.75. The van der Waals surface area contributed by atoms with Crippen LogP contribution in [0.15, 0.2) is 11.1 Å². The van der Waals surface area contributed by atoms with Crippen molar-refractivity contribution in [2.45, 2.75) is 0 Å². The van der Waals surface area contributed by atoms with Crippen LogP contribution in [0.2, 0.25) is 0 Å². The summed E-state index contributed by atoms with van der Waals surface area (Å²) < 4.78 is 10.9. The Balaban J connectivity index is 3.07. The van der Waals surface area contributed by atoms with Gasteiger partial charge in [0.2, 0.25) is 11.8 Å². The Morgan fingerprint density at radius 1 is 1.12 bits per heavy atom. The van der Waals surface area contributed by atoms with E-state index in [1.54, 1.807) is 43.8 Å². The summed E-state index contributed by atoms with van der Waals surface area (Å²) in [6.07, 6.45) is 3.90. The fraction of sp³-hybridized carbons (Fsp3) is 0.444. The minimum atomic E-state index is 0.343. The molecule has 0 fully saturated rings. The van der Waals surface area contributed by atoms with Gasteiger partial charge >= 0.3 is 0 Å². The van der Waals surface area contributed by atoms with Gasteiger partial charge in [-0.1, -0.05) is 0 Å². The Bertz CT molecular complexity index is 357. The number of methoxy groups -OCH3 is 2. The minimum Gasteiger partial charge on any atom is -0.481 e. The fourth-order valence-electron chi connectivity index (χ4n) is 0.908. The van der Waals surface area contributed by atoms with Gasteiger partial charge in [0.15, 0.2) is 0 Å². The van der Waals surface area contributed by atoms with Crippen LogP contribution in [0, 0.1) is 0 Å². The standard InChI is InChI=1S/C9H13N3O2S2/c1-13-6-5-7(14-2)11-8(10-6)12-9(15-3)16-4/h5H,1-4H3. The van der Waals surface area contributed by atoms with Crippen LogP contribution in [0.25, 0.3) is 0 Å². The summed E-state index contributed by atoms with van der Waals surface area (Å²) in [5.41, 5.74) is 0. The zero-order valence-electron chi connectivity index (χ0n) is 9.55. The van der Waals surface area contributed by atoms with E-state index in [1.165, 1.54) is 0 Å². The zero-order valence-corrected chi connectivity index (χ0v) is 11.2. The smallest absolute Gasteiger partial charge is 0.257 e. The van der Waals surface area contributed by atoms with Crippen LogP contribution < -0.4 is 9.47 Å². The van der Waals surface area contributed by atoms with Crippen molar-refractivity contribution in [1.82, 2.24) is 9.97 Å². The third kappa shape index (κ3) is 3.57. The number of ether oxygens (including phenoxy) is 2. The molecule has 0 aliphatic carbocycles. The molecular weight excluding hydrogens is 246 g/mol. The van der Waals surface area contributed by atoms with E-state index < -0.39 is 0 Å². The van der Waals surface area contributed by atoms with E-state index in [9.17, 15) is 0 Å². The third-order valence-electron chi connectivity index (χ3n) is 1.63. The predicted molar refractivity (Wildman–Crippen MR) is 69.3 cm³/mol. The highest BCUT2D eigenvalue weighted by Crippen LogP contribution is 2.22. The van der Waals surface area contributed by atoms with Crippen molar-refractivity contribution in [1.29, 1.82) is 0 Å². The van der Waals surface area contributed by atoms with Crippen molar-refractivity contribution in [3.63, 3.8) is 0 Å². The number of aliphatic imine (C=N–C) groups is 1. The molecule has 0 saturated carbocycles. The molecule has 1 rings (SSSR count).